The standard InChI is InChI=1S/C13H20N2/c1-7-9-5-6-13(3,4)10(9)12(15)8(2)11(7)14/h8,14H,5-6,15H2,1-4H3. The van der Waals surface area contributed by atoms with Crippen LogP contribution in [0.1, 0.15) is 40.5 Å². The van der Waals surface area contributed by atoms with Gasteiger partial charge in [-0.05, 0) is 41.9 Å². The number of fused-ring (bicyclic) bond motifs is 1. The molecule has 1 unspecified atom stereocenters. The van der Waals surface area contributed by atoms with Gasteiger partial charge in [-0.3, -0.25) is 0 Å². The molecule has 0 spiro atoms. The minimum Gasteiger partial charge on any atom is -0.401 e. The maximum absolute atomic E-state index is 8.04. The van der Waals surface area contributed by atoms with E-state index >= 15 is 0 Å². The molecule has 1 atom stereocenters. The van der Waals surface area contributed by atoms with Crippen molar-refractivity contribution in [3.8, 4) is 0 Å². The third-order valence-corrected chi connectivity index (χ3v) is 4.02. The van der Waals surface area contributed by atoms with Crippen LogP contribution in [-0.4, -0.2) is 5.71 Å². The molecule has 2 heteroatoms. The van der Waals surface area contributed by atoms with E-state index in [-0.39, 0.29) is 11.3 Å². The number of hydrogen-bond acceptors (Lipinski definition) is 2. The average Bonchev–Trinajstić information content (AvgIpc) is 2.48. The zero-order chi connectivity index (χ0) is 11.4. The third kappa shape index (κ3) is 1.27. The fourth-order valence-electron chi connectivity index (χ4n) is 2.90. The van der Waals surface area contributed by atoms with Crippen LogP contribution in [-0.2, 0) is 0 Å². The van der Waals surface area contributed by atoms with Crippen molar-refractivity contribution in [2.75, 3.05) is 0 Å². The molecule has 0 aromatic heterocycles. The van der Waals surface area contributed by atoms with Crippen LogP contribution in [0.15, 0.2) is 22.4 Å². The first-order chi connectivity index (χ1) is 6.86. The van der Waals surface area contributed by atoms with Gasteiger partial charge < -0.3 is 11.1 Å². The molecule has 0 amide bonds. The van der Waals surface area contributed by atoms with Gasteiger partial charge in [0.2, 0.25) is 0 Å². The van der Waals surface area contributed by atoms with Crippen molar-refractivity contribution in [1.82, 2.24) is 0 Å². The van der Waals surface area contributed by atoms with Gasteiger partial charge in [-0.25, -0.2) is 0 Å². The van der Waals surface area contributed by atoms with Crippen molar-refractivity contribution < 1.29 is 0 Å². The molecule has 1 saturated carbocycles. The van der Waals surface area contributed by atoms with Gasteiger partial charge in [-0.2, -0.15) is 0 Å². The van der Waals surface area contributed by atoms with Gasteiger partial charge >= 0.3 is 0 Å². The Bertz CT molecular complexity index is 397. The first-order valence-corrected chi connectivity index (χ1v) is 5.65. The molecular formula is C13H20N2. The van der Waals surface area contributed by atoms with Gasteiger partial charge in [-0.1, -0.05) is 20.8 Å². The first kappa shape index (κ1) is 10.5. The molecule has 0 aliphatic heterocycles. The smallest absolute Gasteiger partial charge is 0.0432 e. The maximum Gasteiger partial charge on any atom is 0.0432 e. The van der Waals surface area contributed by atoms with E-state index in [0.717, 1.165) is 24.1 Å². The quantitative estimate of drug-likeness (QED) is 0.626. The molecule has 0 aromatic rings. The van der Waals surface area contributed by atoms with Crippen molar-refractivity contribution in [3.63, 3.8) is 0 Å². The van der Waals surface area contributed by atoms with E-state index in [0.29, 0.717) is 5.71 Å². The molecule has 15 heavy (non-hydrogen) atoms. The highest BCUT2D eigenvalue weighted by Gasteiger charge is 2.40. The van der Waals surface area contributed by atoms with Crippen LogP contribution >= 0.6 is 0 Å². The van der Waals surface area contributed by atoms with Gasteiger partial charge in [0.05, 0.1) is 0 Å². The number of hydrogen-bond donors (Lipinski definition) is 2. The van der Waals surface area contributed by atoms with Crippen molar-refractivity contribution in [2.24, 2.45) is 17.1 Å². The fraction of sp³-hybridized carbons (Fsp3) is 0.615. The van der Waals surface area contributed by atoms with Crippen LogP contribution in [0.2, 0.25) is 0 Å². The Hall–Kier alpha value is -1.05. The third-order valence-electron chi connectivity index (χ3n) is 4.02. The largest absolute Gasteiger partial charge is 0.401 e. The molecule has 1 fully saturated rings. The Morgan fingerprint density at radius 1 is 1.40 bits per heavy atom. The maximum atomic E-state index is 8.04. The molecule has 0 radical (unpaired) electrons. The normalized spacial score (nSPS) is 29.9. The number of rotatable bonds is 0. The number of allylic oxidation sites excluding steroid dienone is 4. The topological polar surface area (TPSA) is 49.9 Å². The van der Waals surface area contributed by atoms with E-state index in [9.17, 15) is 0 Å². The lowest BCUT2D eigenvalue weighted by Gasteiger charge is -2.30. The van der Waals surface area contributed by atoms with Crippen LogP contribution in [0.3, 0.4) is 0 Å². The summed E-state index contributed by atoms with van der Waals surface area (Å²) in [4.78, 5) is 0. The summed E-state index contributed by atoms with van der Waals surface area (Å²) in [5, 5.41) is 8.04. The van der Waals surface area contributed by atoms with Gasteiger partial charge in [0.1, 0.15) is 0 Å². The zero-order valence-electron chi connectivity index (χ0n) is 10.1. The lowest BCUT2D eigenvalue weighted by Crippen LogP contribution is -2.28. The van der Waals surface area contributed by atoms with E-state index < -0.39 is 0 Å². The second-order valence-corrected chi connectivity index (χ2v) is 5.45. The van der Waals surface area contributed by atoms with E-state index in [1.54, 1.807) is 0 Å². The van der Waals surface area contributed by atoms with Crippen LogP contribution in [0, 0.1) is 16.7 Å². The summed E-state index contributed by atoms with van der Waals surface area (Å²) in [5.41, 5.74) is 11.9. The van der Waals surface area contributed by atoms with Gasteiger partial charge in [0.25, 0.3) is 0 Å². The summed E-state index contributed by atoms with van der Waals surface area (Å²) in [5.74, 6) is 0.0983. The molecule has 0 heterocycles. The minimum atomic E-state index is 0.0983. The lowest BCUT2D eigenvalue weighted by atomic mass is 9.76. The molecule has 3 N–H and O–H groups in total. The van der Waals surface area contributed by atoms with Crippen molar-refractivity contribution in [2.45, 2.75) is 40.5 Å². The van der Waals surface area contributed by atoms with E-state index in [1.165, 1.54) is 11.1 Å². The molecule has 2 nitrogen and oxygen atoms in total. The van der Waals surface area contributed by atoms with E-state index in [1.807, 2.05) is 6.92 Å². The van der Waals surface area contributed by atoms with E-state index in [4.69, 9.17) is 11.1 Å². The highest BCUT2D eigenvalue weighted by molar-refractivity contribution is 6.03. The van der Waals surface area contributed by atoms with Crippen LogP contribution < -0.4 is 5.73 Å². The lowest BCUT2D eigenvalue weighted by molar-refractivity contribution is 0.455. The molecule has 82 valence electrons. The second-order valence-electron chi connectivity index (χ2n) is 5.45. The predicted octanol–water partition coefficient (Wildman–Crippen LogP) is 3.01. The molecule has 0 saturated heterocycles. The first-order valence-electron chi connectivity index (χ1n) is 5.65. The van der Waals surface area contributed by atoms with Gasteiger partial charge in [-0.15, -0.1) is 0 Å². The summed E-state index contributed by atoms with van der Waals surface area (Å²) >= 11 is 0. The molecule has 0 aromatic carbocycles. The highest BCUT2D eigenvalue weighted by atomic mass is 14.7. The molecular weight excluding hydrogens is 184 g/mol. The molecule has 2 aliphatic rings. The minimum absolute atomic E-state index is 0.0983. The number of nitrogens with one attached hydrogen (secondary N) is 1. The van der Waals surface area contributed by atoms with Crippen molar-refractivity contribution in [3.05, 3.63) is 22.4 Å². The summed E-state index contributed by atoms with van der Waals surface area (Å²) in [6, 6.07) is 0. The number of nitrogens with two attached hydrogens (primary N) is 1. The summed E-state index contributed by atoms with van der Waals surface area (Å²) in [7, 11) is 0. The Morgan fingerprint density at radius 2 is 2.00 bits per heavy atom. The molecule has 2 aliphatic carbocycles. The van der Waals surface area contributed by atoms with Crippen molar-refractivity contribution in [1.29, 1.82) is 5.41 Å². The Balaban J connectivity index is 2.65. The average molecular weight is 204 g/mol. The Morgan fingerprint density at radius 3 is 2.60 bits per heavy atom. The Kier molecular flexibility index (Phi) is 2.07. The SMILES string of the molecule is CC1=C2CCC(C)(C)C2=C(N)C(C)C1=N. The molecule has 0 bridgehead atoms. The second kappa shape index (κ2) is 2.97. The Labute approximate surface area is 91.8 Å². The molecule has 2 rings (SSSR count). The van der Waals surface area contributed by atoms with Crippen LogP contribution in [0.25, 0.3) is 0 Å². The van der Waals surface area contributed by atoms with Gasteiger partial charge in [0, 0.05) is 17.3 Å². The monoisotopic (exact) mass is 204 g/mol. The fourth-order valence-corrected chi connectivity index (χ4v) is 2.90. The summed E-state index contributed by atoms with van der Waals surface area (Å²) < 4.78 is 0. The predicted molar refractivity (Wildman–Crippen MR) is 63.8 cm³/mol. The van der Waals surface area contributed by atoms with Crippen LogP contribution in [0.5, 0.6) is 0 Å². The van der Waals surface area contributed by atoms with Gasteiger partial charge in [0.15, 0.2) is 0 Å². The van der Waals surface area contributed by atoms with Crippen molar-refractivity contribution >= 4 is 5.71 Å². The summed E-state index contributed by atoms with van der Waals surface area (Å²) in [6.45, 7) is 8.63. The van der Waals surface area contributed by atoms with Crippen LogP contribution in [0.4, 0.5) is 0 Å². The van der Waals surface area contributed by atoms with E-state index in [2.05, 4.69) is 20.8 Å². The summed E-state index contributed by atoms with van der Waals surface area (Å²) in [6.07, 6.45) is 2.25. The zero-order valence-corrected chi connectivity index (χ0v) is 10.1. The highest BCUT2D eigenvalue weighted by Crippen LogP contribution is 2.50.